The molecule has 1 aromatic rings. The third-order valence-corrected chi connectivity index (χ3v) is 6.80. The highest BCUT2D eigenvalue weighted by atomic mass is 32.1. The zero-order chi connectivity index (χ0) is 17.8. The second-order valence-corrected chi connectivity index (χ2v) is 8.54. The number of likely N-dealkylation sites (tertiary alicyclic amines) is 2. The Morgan fingerprint density at radius 1 is 1.28 bits per heavy atom. The van der Waals surface area contributed by atoms with E-state index in [2.05, 4.69) is 47.6 Å². The van der Waals surface area contributed by atoms with E-state index in [-0.39, 0.29) is 12.1 Å². The number of nitrogens with zero attached hydrogens (tertiary/aromatic N) is 3. The van der Waals surface area contributed by atoms with Crippen LogP contribution >= 0.6 is 11.3 Å². The number of carbonyl (C=O) groups is 1. The number of aryl methyl sites for hydroxylation is 1. The van der Waals surface area contributed by atoms with Crippen molar-refractivity contribution in [2.45, 2.75) is 44.7 Å². The molecule has 1 N–H and O–H groups in total. The van der Waals surface area contributed by atoms with Crippen LogP contribution < -0.4 is 5.32 Å². The van der Waals surface area contributed by atoms with Gasteiger partial charge >= 0.3 is 6.03 Å². The van der Waals surface area contributed by atoms with Crippen LogP contribution in [0.2, 0.25) is 0 Å². The van der Waals surface area contributed by atoms with Crippen LogP contribution in [0.15, 0.2) is 11.4 Å². The molecule has 0 spiro atoms. The van der Waals surface area contributed by atoms with Crippen LogP contribution in [0.4, 0.5) is 4.79 Å². The van der Waals surface area contributed by atoms with Crippen molar-refractivity contribution in [1.29, 1.82) is 0 Å². The molecule has 1 aromatic heterocycles. The highest BCUT2D eigenvalue weighted by molar-refractivity contribution is 7.10. The van der Waals surface area contributed by atoms with Crippen molar-refractivity contribution < 1.29 is 4.79 Å². The molecule has 0 radical (unpaired) electrons. The number of likely N-dealkylation sites (N-methyl/N-ethyl adjacent to an activating group) is 1. The fourth-order valence-electron chi connectivity index (χ4n) is 4.07. The monoisotopic (exact) mass is 364 g/mol. The summed E-state index contributed by atoms with van der Waals surface area (Å²) in [7, 11) is 4.16. The normalized spacial score (nSPS) is 21.0. The summed E-state index contributed by atoms with van der Waals surface area (Å²) in [6, 6.07) is 3.18. The average Bonchev–Trinajstić information content (AvgIpc) is 3.27. The van der Waals surface area contributed by atoms with Crippen molar-refractivity contribution >= 4 is 17.4 Å². The largest absolute Gasteiger partial charge is 0.336 e. The average molecular weight is 365 g/mol. The Bertz CT molecular complexity index is 560. The molecule has 2 aliphatic heterocycles. The fourth-order valence-corrected chi connectivity index (χ4v) is 5.20. The summed E-state index contributed by atoms with van der Waals surface area (Å²) in [6.07, 6.45) is 4.92. The minimum Gasteiger partial charge on any atom is -0.336 e. The lowest BCUT2D eigenvalue weighted by molar-refractivity contribution is 0.132. The van der Waals surface area contributed by atoms with Gasteiger partial charge in [-0.2, -0.15) is 0 Å². The maximum Gasteiger partial charge on any atom is 0.317 e. The molecule has 0 unspecified atom stereocenters. The standard InChI is InChI=1S/C19H32N4OS/c1-15-8-13-25-18(15)17(21(2)3)14-20-19(24)23-11-6-16(7-12-23)22-9-4-5-10-22/h8,13,16-17H,4-7,9-12,14H2,1-3H3,(H,20,24)/t17-/m0/s1. The van der Waals surface area contributed by atoms with Crippen LogP contribution in [0.3, 0.4) is 0 Å². The molecule has 2 amide bonds. The van der Waals surface area contributed by atoms with Gasteiger partial charge in [0.25, 0.3) is 0 Å². The third kappa shape index (κ3) is 4.54. The summed E-state index contributed by atoms with van der Waals surface area (Å²) in [4.78, 5) is 20.8. The van der Waals surface area contributed by atoms with Crippen LogP contribution in [0.5, 0.6) is 0 Å². The highest BCUT2D eigenvalue weighted by Gasteiger charge is 2.28. The van der Waals surface area contributed by atoms with Gasteiger partial charge in [0.15, 0.2) is 0 Å². The fraction of sp³-hybridized carbons (Fsp3) is 0.737. The number of nitrogens with one attached hydrogen (secondary N) is 1. The molecule has 0 aromatic carbocycles. The van der Waals surface area contributed by atoms with E-state index in [4.69, 9.17) is 0 Å². The SMILES string of the molecule is Cc1ccsc1[C@H](CNC(=O)N1CCC(N2CCCC2)CC1)N(C)C. The van der Waals surface area contributed by atoms with E-state index >= 15 is 0 Å². The summed E-state index contributed by atoms with van der Waals surface area (Å²) in [5.41, 5.74) is 1.31. The Morgan fingerprint density at radius 2 is 1.96 bits per heavy atom. The molecule has 140 valence electrons. The number of piperidine rings is 1. The Hall–Kier alpha value is -1.11. The lowest BCUT2D eigenvalue weighted by Crippen LogP contribution is -2.50. The number of hydrogen-bond acceptors (Lipinski definition) is 4. The van der Waals surface area contributed by atoms with Gasteiger partial charge in [-0.15, -0.1) is 11.3 Å². The van der Waals surface area contributed by atoms with Gasteiger partial charge in [0.1, 0.15) is 0 Å². The van der Waals surface area contributed by atoms with Crippen LogP contribution in [-0.4, -0.2) is 73.6 Å². The molecule has 1 atom stereocenters. The number of carbonyl (C=O) groups excluding carboxylic acids is 1. The summed E-state index contributed by atoms with van der Waals surface area (Å²) >= 11 is 1.78. The molecule has 5 nitrogen and oxygen atoms in total. The topological polar surface area (TPSA) is 38.8 Å². The van der Waals surface area contributed by atoms with Gasteiger partial charge in [-0.1, -0.05) is 0 Å². The van der Waals surface area contributed by atoms with Crippen molar-refractivity contribution in [2.75, 3.05) is 46.8 Å². The number of thiophene rings is 1. The van der Waals surface area contributed by atoms with Crippen molar-refractivity contribution in [3.8, 4) is 0 Å². The molecule has 2 fully saturated rings. The van der Waals surface area contributed by atoms with E-state index in [1.54, 1.807) is 11.3 Å². The molecule has 3 heterocycles. The maximum atomic E-state index is 12.6. The van der Waals surface area contributed by atoms with Crippen molar-refractivity contribution in [2.24, 2.45) is 0 Å². The Kier molecular flexibility index (Phi) is 6.36. The minimum atomic E-state index is 0.0981. The summed E-state index contributed by atoms with van der Waals surface area (Å²) in [5.74, 6) is 0. The highest BCUT2D eigenvalue weighted by Crippen LogP contribution is 2.27. The van der Waals surface area contributed by atoms with Crippen molar-refractivity contribution in [3.63, 3.8) is 0 Å². The quantitative estimate of drug-likeness (QED) is 0.873. The van der Waals surface area contributed by atoms with Crippen LogP contribution in [0.1, 0.15) is 42.2 Å². The zero-order valence-electron chi connectivity index (χ0n) is 15.8. The van der Waals surface area contributed by atoms with E-state index in [0.29, 0.717) is 12.6 Å². The second kappa shape index (κ2) is 8.52. The predicted octanol–water partition coefficient (Wildman–Crippen LogP) is 2.93. The van der Waals surface area contributed by atoms with E-state index < -0.39 is 0 Å². The molecule has 25 heavy (non-hydrogen) atoms. The molecule has 2 aliphatic rings. The lowest BCUT2D eigenvalue weighted by atomic mass is 10.0. The van der Waals surface area contributed by atoms with Gasteiger partial charge in [-0.3, -0.25) is 0 Å². The van der Waals surface area contributed by atoms with E-state index in [1.165, 1.54) is 36.4 Å². The van der Waals surface area contributed by atoms with E-state index in [0.717, 1.165) is 25.9 Å². The molecule has 0 aliphatic carbocycles. The van der Waals surface area contributed by atoms with Gasteiger partial charge < -0.3 is 20.0 Å². The third-order valence-electron chi connectivity index (χ3n) is 5.68. The first kappa shape index (κ1) is 18.7. The second-order valence-electron chi connectivity index (χ2n) is 7.59. The van der Waals surface area contributed by atoms with Crippen molar-refractivity contribution in [3.05, 3.63) is 21.9 Å². The van der Waals surface area contributed by atoms with Gasteiger partial charge in [0, 0.05) is 30.6 Å². The van der Waals surface area contributed by atoms with Crippen molar-refractivity contribution in [1.82, 2.24) is 20.0 Å². The van der Waals surface area contributed by atoms with Crippen LogP contribution in [0.25, 0.3) is 0 Å². The minimum absolute atomic E-state index is 0.0981. The van der Waals surface area contributed by atoms with E-state index in [9.17, 15) is 4.79 Å². The number of amides is 2. The van der Waals surface area contributed by atoms with Gasteiger partial charge in [-0.05, 0) is 76.8 Å². The first-order valence-electron chi connectivity index (χ1n) is 9.53. The van der Waals surface area contributed by atoms with Gasteiger partial charge in [-0.25, -0.2) is 4.79 Å². The number of rotatable bonds is 5. The summed E-state index contributed by atoms with van der Waals surface area (Å²) in [5, 5.41) is 5.30. The maximum absolute atomic E-state index is 12.6. The van der Waals surface area contributed by atoms with Crippen LogP contribution in [0, 0.1) is 6.92 Å². The molecule has 0 saturated carbocycles. The number of hydrogen-bond donors (Lipinski definition) is 1. The zero-order valence-corrected chi connectivity index (χ0v) is 16.6. The molecule has 3 rings (SSSR count). The van der Waals surface area contributed by atoms with Crippen LogP contribution in [-0.2, 0) is 0 Å². The van der Waals surface area contributed by atoms with E-state index in [1.807, 2.05) is 4.90 Å². The molecular formula is C19H32N4OS. The number of urea groups is 1. The van der Waals surface area contributed by atoms with Gasteiger partial charge in [0.05, 0.1) is 6.04 Å². The smallest absolute Gasteiger partial charge is 0.317 e. The molecule has 2 saturated heterocycles. The van der Waals surface area contributed by atoms with Gasteiger partial charge in [0.2, 0.25) is 0 Å². The lowest BCUT2D eigenvalue weighted by Gasteiger charge is -2.37. The Balaban J connectivity index is 1.48. The first-order valence-corrected chi connectivity index (χ1v) is 10.4. The summed E-state index contributed by atoms with van der Waals surface area (Å²) in [6.45, 7) is 7.09. The Labute approximate surface area is 156 Å². The molecule has 6 heteroatoms. The first-order chi connectivity index (χ1) is 12.1. The Morgan fingerprint density at radius 3 is 2.52 bits per heavy atom. The molecular weight excluding hydrogens is 332 g/mol. The summed E-state index contributed by atoms with van der Waals surface area (Å²) < 4.78 is 0. The molecule has 0 bridgehead atoms. The predicted molar refractivity (Wildman–Crippen MR) is 104 cm³/mol.